The van der Waals surface area contributed by atoms with Crippen molar-refractivity contribution in [3.63, 3.8) is 0 Å². The molecule has 3 nitrogen and oxygen atoms in total. The molecule has 0 spiro atoms. The third-order valence-electron chi connectivity index (χ3n) is 2.37. The minimum absolute atomic E-state index is 0.0320. The molecule has 0 fully saturated rings. The van der Waals surface area contributed by atoms with E-state index in [-0.39, 0.29) is 6.17 Å². The molecule has 15 heavy (non-hydrogen) atoms. The van der Waals surface area contributed by atoms with E-state index in [1.165, 1.54) is 10.5 Å². The second kappa shape index (κ2) is 4.63. The standard InChI is InChI=1S/C10H15N3S2/c1-6-2-3-7(11)4-14-9(6)10-13-8(12)5-15-10/h4,8H,2-3,5,11-12H2,1H3/t8-/m0/s1. The highest BCUT2D eigenvalue weighted by atomic mass is 32.2. The molecule has 0 aromatic heterocycles. The topological polar surface area (TPSA) is 64.4 Å². The van der Waals surface area contributed by atoms with Gasteiger partial charge in [0.15, 0.2) is 0 Å². The SMILES string of the molecule is CC1=C(C2=N[C@H](N)CS2)SC=C(N)CC1. The summed E-state index contributed by atoms with van der Waals surface area (Å²) in [6.07, 6.45) is 1.95. The molecule has 2 heterocycles. The Hall–Kier alpha value is -0.390. The molecule has 0 saturated carbocycles. The fourth-order valence-electron chi connectivity index (χ4n) is 1.49. The van der Waals surface area contributed by atoms with E-state index in [1.54, 1.807) is 23.5 Å². The van der Waals surface area contributed by atoms with E-state index in [1.807, 2.05) is 5.41 Å². The maximum absolute atomic E-state index is 5.83. The highest BCUT2D eigenvalue weighted by molar-refractivity contribution is 8.18. The fourth-order valence-corrected chi connectivity index (χ4v) is 3.57. The fraction of sp³-hybridized carbons (Fsp3) is 0.500. The minimum atomic E-state index is -0.0320. The third kappa shape index (κ3) is 2.59. The van der Waals surface area contributed by atoms with Crippen molar-refractivity contribution in [2.24, 2.45) is 16.5 Å². The summed E-state index contributed by atoms with van der Waals surface area (Å²) in [6.45, 7) is 2.15. The summed E-state index contributed by atoms with van der Waals surface area (Å²) in [5.41, 5.74) is 13.9. The van der Waals surface area contributed by atoms with Gasteiger partial charge in [0.2, 0.25) is 0 Å². The molecule has 0 aliphatic carbocycles. The van der Waals surface area contributed by atoms with Crippen LogP contribution in [0.1, 0.15) is 19.8 Å². The molecule has 0 aromatic rings. The van der Waals surface area contributed by atoms with E-state index in [4.69, 9.17) is 11.5 Å². The Bertz CT molecular complexity index is 358. The van der Waals surface area contributed by atoms with Crippen molar-refractivity contribution in [3.05, 3.63) is 21.6 Å². The molecule has 0 unspecified atom stereocenters. The van der Waals surface area contributed by atoms with Crippen molar-refractivity contribution in [2.45, 2.75) is 25.9 Å². The number of hydrogen-bond acceptors (Lipinski definition) is 5. The Morgan fingerprint density at radius 2 is 2.27 bits per heavy atom. The first-order valence-corrected chi connectivity index (χ1v) is 6.81. The van der Waals surface area contributed by atoms with Gasteiger partial charge in [-0.2, -0.15) is 0 Å². The predicted molar refractivity (Wildman–Crippen MR) is 69.7 cm³/mol. The van der Waals surface area contributed by atoms with Gasteiger partial charge >= 0.3 is 0 Å². The molecule has 5 heteroatoms. The lowest BCUT2D eigenvalue weighted by molar-refractivity contribution is 0.819. The second-order valence-electron chi connectivity index (χ2n) is 3.73. The molecular formula is C10H15N3S2. The van der Waals surface area contributed by atoms with Crippen molar-refractivity contribution in [1.82, 2.24) is 0 Å². The normalized spacial score (nSPS) is 27.5. The van der Waals surface area contributed by atoms with Gasteiger partial charge in [0, 0.05) is 16.4 Å². The summed E-state index contributed by atoms with van der Waals surface area (Å²) in [6, 6.07) is 0. The lowest BCUT2D eigenvalue weighted by atomic mass is 10.1. The van der Waals surface area contributed by atoms with Gasteiger partial charge in [0.05, 0.1) is 0 Å². The van der Waals surface area contributed by atoms with Gasteiger partial charge in [0.25, 0.3) is 0 Å². The highest BCUT2D eigenvalue weighted by Crippen LogP contribution is 2.35. The summed E-state index contributed by atoms with van der Waals surface area (Å²) >= 11 is 3.43. The van der Waals surface area contributed by atoms with Crippen LogP contribution in [0.4, 0.5) is 0 Å². The molecule has 0 aromatic carbocycles. The highest BCUT2D eigenvalue weighted by Gasteiger charge is 2.20. The number of nitrogens with two attached hydrogens (primary N) is 2. The Balaban J connectivity index is 2.22. The molecule has 0 amide bonds. The van der Waals surface area contributed by atoms with Crippen molar-refractivity contribution in [2.75, 3.05) is 5.75 Å². The van der Waals surface area contributed by atoms with Crippen LogP contribution >= 0.6 is 23.5 Å². The molecule has 0 radical (unpaired) electrons. The average Bonchev–Trinajstić information content (AvgIpc) is 2.54. The summed E-state index contributed by atoms with van der Waals surface area (Å²) < 4.78 is 0. The van der Waals surface area contributed by atoms with Gasteiger partial charge in [-0.25, -0.2) is 0 Å². The van der Waals surface area contributed by atoms with Crippen LogP contribution in [0.2, 0.25) is 0 Å². The van der Waals surface area contributed by atoms with Crippen LogP contribution < -0.4 is 11.5 Å². The number of hydrogen-bond donors (Lipinski definition) is 2. The maximum Gasteiger partial charge on any atom is 0.108 e. The molecule has 0 saturated heterocycles. The molecule has 2 rings (SSSR count). The summed E-state index contributed by atoms with van der Waals surface area (Å²) in [7, 11) is 0. The van der Waals surface area contributed by atoms with Crippen molar-refractivity contribution in [3.8, 4) is 0 Å². The lowest BCUT2D eigenvalue weighted by Crippen LogP contribution is -2.15. The summed E-state index contributed by atoms with van der Waals surface area (Å²) in [5.74, 6) is 0.895. The largest absolute Gasteiger partial charge is 0.402 e. The van der Waals surface area contributed by atoms with Crippen LogP contribution in [0, 0.1) is 0 Å². The zero-order valence-corrected chi connectivity index (χ0v) is 10.3. The van der Waals surface area contributed by atoms with E-state index < -0.39 is 0 Å². The summed E-state index contributed by atoms with van der Waals surface area (Å²) in [4.78, 5) is 5.70. The summed E-state index contributed by atoms with van der Waals surface area (Å²) in [5, 5.41) is 3.12. The molecule has 2 aliphatic heterocycles. The Morgan fingerprint density at radius 3 is 2.93 bits per heavy atom. The zero-order chi connectivity index (χ0) is 10.8. The van der Waals surface area contributed by atoms with E-state index in [0.29, 0.717) is 0 Å². The average molecular weight is 241 g/mol. The Morgan fingerprint density at radius 1 is 1.47 bits per heavy atom. The molecule has 1 atom stereocenters. The number of nitrogens with zero attached hydrogens (tertiary/aromatic N) is 1. The number of thioether (sulfide) groups is 2. The second-order valence-corrected chi connectivity index (χ2v) is 5.62. The van der Waals surface area contributed by atoms with Gasteiger partial charge < -0.3 is 11.5 Å². The first-order chi connectivity index (χ1) is 7.16. The minimum Gasteiger partial charge on any atom is -0.402 e. The van der Waals surface area contributed by atoms with Crippen LogP contribution in [-0.2, 0) is 0 Å². The number of allylic oxidation sites excluding steroid dienone is 2. The first kappa shape index (κ1) is 11.1. The van der Waals surface area contributed by atoms with Crippen LogP contribution in [-0.4, -0.2) is 17.0 Å². The zero-order valence-electron chi connectivity index (χ0n) is 8.69. The molecule has 4 N–H and O–H groups in total. The van der Waals surface area contributed by atoms with Crippen LogP contribution in [0.3, 0.4) is 0 Å². The monoisotopic (exact) mass is 241 g/mol. The molecule has 82 valence electrons. The Labute approximate surface area is 98.5 Å². The quantitative estimate of drug-likeness (QED) is 0.737. The van der Waals surface area contributed by atoms with Gasteiger partial charge in [-0.3, -0.25) is 4.99 Å². The van der Waals surface area contributed by atoms with E-state index in [2.05, 4.69) is 11.9 Å². The van der Waals surface area contributed by atoms with Gasteiger partial charge in [-0.1, -0.05) is 17.3 Å². The number of rotatable bonds is 1. The predicted octanol–water partition coefficient (Wildman–Crippen LogP) is 2.02. The van der Waals surface area contributed by atoms with Gasteiger partial charge in [-0.05, 0) is 25.2 Å². The van der Waals surface area contributed by atoms with Crippen molar-refractivity contribution < 1.29 is 0 Å². The molecule has 0 bridgehead atoms. The van der Waals surface area contributed by atoms with Gasteiger partial charge in [0.1, 0.15) is 11.2 Å². The maximum atomic E-state index is 5.83. The van der Waals surface area contributed by atoms with Crippen LogP contribution in [0.15, 0.2) is 26.6 Å². The molecular weight excluding hydrogens is 226 g/mol. The van der Waals surface area contributed by atoms with Crippen LogP contribution in [0.25, 0.3) is 0 Å². The smallest absolute Gasteiger partial charge is 0.108 e. The molecule has 2 aliphatic rings. The Kier molecular flexibility index (Phi) is 3.43. The number of aliphatic imine (C=N–C) groups is 1. The third-order valence-corrected chi connectivity index (χ3v) is 4.79. The van der Waals surface area contributed by atoms with Gasteiger partial charge in [-0.15, -0.1) is 11.8 Å². The first-order valence-electron chi connectivity index (χ1n) is 4.94. The van der Waals surface area contributed by atoms with Crippen molar-refractivity contribution >= 4 is 28.6 Å². The van der Waals surface area contributed by atoms with E-state index in [9.17, 15) is 0 Å². The van der Waals surface area contributed by atoms with Crippen molar-refractivity contribution in [1.29, 1.82) is 0 Å². The lowest BCUT2D eigenvalue weighted by Gasteiger charge is -2.06. The van der Waals surface area contributed by atoms with E-state index in [0.717, 1.165) is 29.3 Å². The van der Waals surface area contributed by atoms with E-state index >= 15 is 0 Å². The van der Waals surface area contributed by atoms with Crippen LogP contribution in [0.5, 0.6) is 0 Å².